The molecule has 2 aliphatic rings. The van der Waals surface area contributed by atoms with Crippen LogP contribution in [-0.4, -0.2) is 43.3 Å². The minimum Gasteiger partial charge on any atom is -0.487 e. The zero-order chi connectivity index (χ0) is 31.3. The number of anilines is 3. The van der Waals surface area contributed by atoms with Crippen LogP contribution in [0.4, 0.5) is 17.1 Å². The van der Waals surface area contributed by atoms with Crippen molar-refractivity contribution in [2.24, 2.45) is 5.73 Å². The third-order valence-corrected chi connectivity index (χ3v) is 8.40. The van der Waals surface area contributed by atoms with Gasteiger partial charge in [-0.25, -0.2) is 0 Å². The van der Waals surface area contributed by atoms with Gasteiger partial charge in [-0.1, -0.05) is 40.9 Å². The number of hydrogen-bond donors (Lipinski definition) is 2. The number of nitrogens with one attached hydrogen (secondary N) is 1. The van der Waals surface area contributed by atoms with Crippen molar-refractivity contribution in [1.82, 2.24) is 4.98 Å². The smallest absolute Gasteiger partial charge is 0.241 e. The average molecular weight is 645 g/mol. The number of pyridine rings is 1. The first-order valence-electron chi connectivity index (χ1n) is 14.6. The Kier molecular flexibility index (Phi) is 9.26. The molecule has 230 valence electrons. The molecule has 2 fully saturated rings. The molecular weight excluding hydrogens is 613 g/mol. The van der Waals surface area contributed by atoms with Gasteiger partial charge in [0, 0.05) is 53.9 Å². The van der Waals surface area contributed by atoms with Crippen LogP contribution in [0.1, 0.15) is 30.4 Å². The van der Waals surface area contributed by atoms with E-state index < -0.39 is 5.91 Å². The number of benzene rings is 3. The number of primary amides is 1. The van der Waals surface area contributed by atoms with E-state index in [1.54, 1.807) is 18.3 Å². The Balaban J connectivity index is 1.31. The van der Waals surface area contributed by atoms with Crippen LogP contribution >= 0.6 is 23.2 Å². The Labute approximate surface area is 271 Å². The fourth-order valence-corrected chi connectivity index (χ4v) is 5.88. The van der Waals surface area contributed by atoms with Gasteiger partial charge >= 0.3 is 0 Å². The van der Waals surface area contributed by atoms with Gasteiger partial charge in [0.2, 0.25) is 5.91 Å². The zero-order valence-corrected chi connectivity index (χ0v) is 25.9. The fraction of sp³-hybridized carbons (Fsp3) is 0.265. The number of hydrogen-bond acceptors (Lipinski definition) is 8. The predicted molar refractivity (Wildman–Crippen MR) is 176 cm³/mol. The Morgan fingerprint density at radius 1 is 1.13 bits per heavy atom. The minimum atomic E-state index is -0.429. The number of carbonyl (C=O) groups excluding carboxylic acids is 1. The van der Waals surface area contributed by atoms with Crippen molar-refractivity contribution in [3.63, 3.8) is 0 Å². The number of fused-ring (bicyclic) bond motifs is 1. The molecule has 1 atom stereocenters. The highest BCUT2D eigenvalue weighted by Gasteiger charge is 2.24. The Morgan fingerprint density at radius 3 is 2.62 bits per heavy atom. The van der Waals surface area contributed by atoms with Crippen molar-refractivity contribution >= 4 is 57.1 Å². The lowest BCUT2D eigenvalue weighted by Crippen LogP contribution is -2.32. The molecule has 2 aliphatic heterocycles. The summed E-state index contributed by atoms with van der Waals surface area (Å²) in [6, 6.07) is 19.0. The molecule has 3 N–H and O–H groups in total. The normalized spacial score (nSPS) is 16.3. The summed E-state index contributed by atoms with van der Waals surface area (Å²) in [4.78, 5) is 18.3. The average Bonchev–Trinajstić information content (AvgIpc) is 3.55. The number of halogens is 2. The summed E-state index contributed by atoms with van der Waals surface area (Å²) in [5.74, 6) is 0.808. The molecule has 3 heterocycles. The van der Waals surface area contributed by atoms with Crippen LogP contribution in [0.15, 0.2) is 72.4 Å². The van der Waals surface area contributed by atoms with E-state index in [1.165, 1.54) is 6.08 Å². The summed E-state index contributed by atoms with van der Waals surface area (Å²) >= 11 is 12.6. The number of nitrogens with zero attached hydrogens (tertiary/aromatic N) is 3. The van der Waals surface area contributed by atoms with E-state index in [1.807, 2.05) is 42.5 Å². The molecule has 0 aliphatic carbocycles. The lowest BCUT2D eigenvalue weighted by Gasteiger charge is -2.32. The monoisotopic (exact) mass is 643 g/mol. The van der Waals surface area contributed by atoms with E-state index in [0.29, 0.717) is 89.8 Å². The van der Waals surface area contributed by atoms with Crippen LogP contribution in [0.2, 0.25) is 10.0 Å². The van der Waals surface area contributed by atoms with Crippen molar-refractivity contribution in [2.45, 2.75) is 32.0 Å². The number of aromatic nitrogens is 1. The highest BCUT2D eigenvalue weighted by molar-refractivity contribution is 6.32. The molecule has 4 aromatic rings. The Bertz CT molecular complexity index is 1790. The Morgan fingerprint density at radius 2 is 1.93 bits per heavy atom. The predicted octanol–water partition coefficient (Wildman–Crippen LogP) is 6.92. The number of nitrogens with two attached hydrogens (primary N) is 1. The van der Waals surface area contributed by atoms with Gasteiger partial charge in [-0.05, 0) is 54.8 Å². The van der Waals surface area contributed by atoms with Gasteiger partial charge in [0.25, 0.3) is 0 Å². The zero-order valence-electron chi connectivity index (χ0n) is 24.4. The Hall–Kier alpha value is -4.49. The molecule has 2 saturated heterocycles. The van der Waals surface area contributed by atoms with Crippen molar-refractivity contribution < 1.29 is 19.0 Å². The van der Waals surface area contributed by atoms with E-state index in [0.717, 1.165) is 28.6 Å². The maximum Gasteiger partial charge on any atom is 0.241 e. The van der Waals surface area contributed by atoms with Gasteiger partial charge in [-0.2, -0.15) is 5.26 Å². The first-order valence-corrected chi connectivity index (χ1v) is 15.4. The molecule has 0 spiro atoms. The maximum absolute atomic E-state index is 11.4. The van der Waals surface area contributed by atoms with Gasteiger partial charge in [-0.15, -0.1) is 0 Å². The molecular formula is C34H31Cl2N5O4. The molecule has 1 aromatic heterocycles. The SMILES string of the molecule is N#Cc1cnc2cc(OC3CCOC3)c(N3CCC(=CC(N)=O)CC3)cc2c1Nc1ccc(OCc2ccc(Cl)cc2)c(Cl)c1. The molecule has 0 bridgehead atoms. The van der Waals surface area contributed by atoms with Gasteiger partial charge < -0.3 is 30.2 Å². The number of carbonyl (C=O) groups is 1. The van der Waals surface area contributed by atoms with E-state index >= 15 is 0 Å². The molecule has 3 aromatic carbocycles. The molecule has 1 amide bonds. The van der Waals surface area contributed by atoms with Crippen LogP contribution in [0.25, 0.3) is 10.9 Å². The van der Waals surface area contributed by atoms with E-state index in [4.69, 9.17) is 43.1 Å². The number of piperidine rings is 1. The number of amides is 1. The highest BCUT2D eigenvalue weighted by atomic mass is 35.5. The van der Waals surface area contributed by atoms with E-state index in [9.17, 15) is 10.1 Å². The quantitative estimate of drug-likeness (QED) is 0.189. The molecule has 45 heavy (non-hydrogen) atoms. The number of rotatable bonds is 9. The first kappa shape index (κ1) is 30.5. The molecule has 0 saturated carbocycles. The fourth-order valence-electron chi connectivity index (χ4n) is 5.52. The van der Waals surface area contributed by atoms with Crippen LogP contribution in [0.3, 0.4) is 0 Å². The van der Waals surface area contributed by atoms with Gasteiger partial charge in [0.1, 0.15) is 30.3 Å². The van der Waals surface area contributed by atoms with Crippen molar-refractivity contribution in [3.05, 3.63) is 93.6 Å². The third kappa shape index (κ3) is 7.26. The van der Waals surface area contributed by atoms with Crippen LogP contribution in [0, 0.1) is 11.3 Å². The van der Waals surface area contributed by atoms with Crippen LogP contribution in [0.5, 0.6) is 11.5 Å². The molecule has 0 radical (unpaired) electrons. The summed E-state index contributed by atoms with van der Waals surface area (Å²) < 4.78 is 17.9. The number of nitriles is 1. The molecule has 11 heteroatoms. The second-order valence-electron chi connectivity index (χ2n) is 11.0. The standard InChI is InChI=1S/C34H31Cl2N5O4/c35-24-3-1-22(2-4-24)19-44-31-6-5-25(14-28(31)36)40-34-23(17-37)18-39-29-16-32(45-26-9-12-43-20-26)30(15-27(29)34)41-10-7-21(8-11-41)13-33(38)42/h1-6,13-16,18,26H,7-12,19-20H2,(H2,38,42)(H,39,40). The van der Waals surface area contributed by atoms with Crippen molar-refractivity contribution in [1.29, 1.82) is 5.26 Å². The maximum atomic E-state index is 11.4. The molecule has 1 unspecified atom stereocenters. The summed E-state index contributed by atoms with van der Waals surface area (Å²) in [6.07, 6.45) is 5.24. The second-order valence-corrected chi connectivity index (χ2v) is 11.8. The van der Waals surface area contributed by atoms with E-state index in [2.05, 4.69) is 21.3 Å². The summed E-state index contributed by atoms with van der Waals surface area (Å²) in [6.45, 7) is 2.89. The lowest BCUT2D eigenvalue weighted by atomic mass is 10.0. The topological polar surface area (TPSA) is 123 Å². The summed E-state index contributed by atoms with van der Waals surface area (Å²) in [5.41, 5.74) is 10.6. The third-order valence-electron chi connectivity index (χ3n) is 7.85. The molecule has 9 nitrogen and oxygen atoms in total. The summed E-state index contributed by atoms with van der Waals surface area (Å²) in [7, 11) is 0. The van der Waals surface area contributed by atoms with Gasteiger partial charge in [0.05, 0.1) is 40.7 Å². The lowest BCUT2D eigenvalue weighted by molar-refractivity contribution is -0.113. The van der Waals surface area contributed by atoms with Crippen LogP contribution < -0.4 is 25.4 Å². The summed E-state index contributed by atoms with van der Waals surface area (Å²) in [5, 5.41) is 15.3. The first-order chi connectivity index (χ1) is 21.9. The van der Waals surface area contributed by atoms with Crippen molar-refractivity contribution in [3.8, 4) is 17.6 Å². The van der Waals surface area contributed by atoms with Crippen LogP contribution in [-0.2, 0) is 16.1 Å². The van der Waals surface area contributed by atoms with Gasteiger partial charge in [-0.3, -0.25) is 9.78 Å². The largest absolute Gasteiger partial charge is 0.487 e. The molecule has 6 rings (SSSR count). The van der Waals surface area contributed by atoms with Crippen molar-refractivity contribution in [2.75, 3.05) is 36.5 Å². The minimum absolute atomic E-state index is 0.0603. The second kappa shape index (κ2) is 13.7. The number of ether oxygens (including phenoxy) is 3. The van der Waals surface area contributed by atoms with E-state index in [-0.39, 0.29) is 6.10 Å². The van der Waals surface area contributed by atoms with Gasteiger partial charge in [0.15, 0.2) is 0 Å². The highest BCUT2D eigenvalue weighted by Crippen LogP contribution is 2.40.